The maximum Gasteiger partial charge on any atom is 0.278 e. The predicted molar refractivity (Wildman–Crippen MR) is 56.9 cm³/mol. The van der Waals surface area contributed by atoms with E-state index in [9.17, 15) is 4.79 Å². The van der Waals surface area contributed by atoms with Crippen molar-refractivity contribution in [1.82, 2.24) is 20.2 Å². The molecule has 2 aromatic rings. The molecule has 2 rings (SSSR count). The summed E-state index contributed by atoms with van der Waals surface area (Å²) < 4.78 is 4.49. The quantitative estimate of drug-likeness (QED) is 0.800. The Morgan fingerprint density at radius 1 is 1.56 bits per heavy atom. The Labute approximate surface area is 95.9 Å². The highest BCUT2D eigenvalue weighted by molar-refractivity contribution is 7.07. The molecule has 0 fully saturated rings. The molecule has 16 heavy (non-hydrogen) atoms. The van der Waals surface area contributed by atoms with Crippen LogP contribution in [0.25, 0.3) is 0 Å². The highest BCUT2D eigenvalue weighted by Crippen LogP contribution is 2.09. The number of thiazole rings is 1. The summed E-state index contributed by atoms with van der Waals surface area (Å²) in [6.45, 7) is 2.13. The summed E-state index contributed by atoms with van der Waals surface area (Å²) in [7, 11) is 1.69. The van der Waals surface area contributed by atoms with Crippen LogP contribution in [0.3, 0.4) is 0 Å². The van der Waals surface area contributed by atoms with E-state index in [2.05, 4.69) is 19.9 Å². The number of hydrogen-bond acceptors (Lipinski definition) is 6. The number of rotatable bonds is 3. The summed E-state index contributed by atoms with van der Waals surface area (Å²) >= 11 is 1.50. The molecule has 0 saturated carbocycles. The number of aromatic nitrogens is 3. The third-order valence-electron chi connectivity index (χ3n) is 2.08. The smallest absolute Gasteiger partial charge is 0.278 e. The summed E-state index contributed by atoms with van der Waals surface area (Å²) in [5.41, 5.74) is 3.33. The second-order valence-corrected chi connectivity index (χ2v) is 4.06. The molecule has 0 aliphatic heterocycles. The van der Waals surface area contributed by atoms with Gasteiger partial charge in [0.05, 0.1) is 17.7 Å². The average molecular weight is 238 g/mol. The molecule has 0 radical (unpaired) electrons. The van der Waals surface area contributed by atoms with Gasteiger partial charge in [0.2, 0.25) is 0 Å². The highest BCUT2D eigenvalue weighted by atomic mass is 32.1. The average Bonchev–Trinajstić information content (AvgIpc) is 2.88. The van der Waals surface area contributed by atoms with Gasteiger partial charge >= 0.3 is 0 Å². The summed E-state index contributed by atoms with van der Waals surface area (Å²) in [5.74, 6) is -0.216. The second kappa shape index (κ2) is 4.40. The molecule has 0 bridgehead atoms. The first-order chi connectivity index (χ1) is 7.68. The molecule has 84 valence electrons. The number of hydrogen-bond donors (Lipinski definition) is 0. The Hall–Kier alpha value is -1.76. The Kier molecular flexibility index (Phi) is 2.95. The lowest BCUT2D eigenvalue weighted by Gasteiger charge is -2.13. The van der Waals surface area contributed by atoms with Crippen molar-refractivity contribution in [3.05, 3.63) is 28.0 Å². The van der Waals surface area contributed by atoms with Gasteiger partial charge in [-0.05, 0) is 12.1 Å². The van der Waals surface area contributed by atoms with Crippen LogP contribution in [0.1, 0.15) is 21.9 Å². The maximum absolute atomic E-state index is 11.9. The minimum atomic E-state index is -0.216. The van der Waals surface area contributed by atoms with Crippen LogP contribution in [0.5, 0.6) is 0 Å². The Bertz CT molecular complexity index is 479. The van der Waals surface area contributed by atoms with Crippen molar-refractivity contribution in [2.45, 2.75) is 13.5 Å². The van der Waals surface area contributed by atoms with Gasteiger partial charge in [-0.2, -0.15) is 0 Å². The van der Waals surface area contributed by atoms with Gasteiger partial charge in [-0.15, -0.1) is 11.3 Å². The number of amides is 1. The lowest BCUT2D eigenvalue weighted by Crippen LogP contribution is -2.27. The van der Waals surface area contributed by atoms with Gasteiger partial charge in [-0.1, -0.05) is 5.16 Å². The molecule has 0 N–H and O–H groups in total. The van der Waals surface area contributed by atoms with Crippen LogP contribution < -0.4 is 0 Å². The van der Waals surface area contributed by atoms with Crippen molar-refractivity contribution in [3.8, 4) is 0 Å². The summed E-state index contributed by atoms with van der Waals surface area (Å²) in [5, 5.41) is 9.04. The molecular formula is C9H10N4O2S. The van der Waals surface area contributed by atoms with Crippen molar-refractivity contribution in [3.63, 3.8) is 0 Å². The van der Waals surface area contributed by atoms with E-state index in [1.165, 1.54) is 16.2 Å². The topological polar surface area (TPSA) is 72.1 Å². The predicted octanol–water partition coefficient (Wildman–Crippen LogP) is 1.11. The normalized spacial score (nSPS) is 10.4. The van der Waals surface area contributed by atoms with Crippen LogP contribution >= 0.6 is 11.3 Å². The summed E-state index contributed by atoms with van der Waals surface area (Å²) in [6.07, 6.45) is 0. The van der Waals surface area contributed by atoms with Gasteiger partial charge in [0, 0.05) is 12.4 Å². The number of aryl methyl sites for hydroxylation is 1. The van der Waals surface area contributed by atoms with Crippen molar-refractivity contribution in [2.24, 2.45) is 0 Å². The minimum Gasteiger partial charge on any atom is -0.334 e. The van der Waals surface area contributed by atoms with E-state index in [1.54, 1.807) is 19.5 Å². The fraction of sp³-hybridized carbons (Fsp3) is 0.333. The third-order valence-corrected chi connectivity index (χ3v) is 2.72. The zero-order chi connectivity index (χ0) is 11.5. The van der Waals surface area contributed by atoms with Gasteiger partial charge in [0.25, 0.3) is 5.91 Å². The van der Waals surface area contributed by atoms with E-state index in [1.807, 2.05) is 5.38 Å². The minimum absolute atomic E-state index is 0.216. The summed E-state index contributed by atoms with van der Waals surface area (Å²) in [6, 6.07) is 0. The molecule has 0 saturated heterocycles. The van der Waals surface area contributed by atoms with Crippen molar-refractivity contribution in [2.75, 3.05) is 7.05 Å². The monoisotopic (exact) mass is 238 g/mol. The molecule has 0 atom stereocenters. The molecule has 2 aromatic heterocycles. The van der Waals surface area contributed by atoms with Gasteiger partial charge < -0.3 is 4.90 Å². The molecular weight excluding hydrogens is 228 g/mol. The van der Waals surface area contributed by atoms with E-state index in [0.717, 1.165) is 5.69 Å². The first-order valence-corrected chi connectivity index (χ1v) is 5.54. The van der Waals surface area contributed by atoms with Crippen LogP contribution in [0, 0.1) is 6.92 Å². The number of carbonyl (C=O) groups is 1. The largest absolute Gasteiger partial charge is 0.334 e. The van der Waals surface area contributed by atoms with Gasteiger partial charge in [0.1, 0.15) is 5.69 Å². The molecule has 6 nitrogen and oxygen atoms in total. The zero-order valence-electron chi connectivity index (χ0n) is 8.88. The third kappa shape index (κ3) is 2.08. The maximum atomic E-state index is 11.9. The Balaban J connectivity index is 2.08. The van der Waals surface area contributed by atoms with Gasteiger partial charge in [0.15, 0.2) is 5.69 Å². The molecule has 0 unspecified atom stereocenters. The lowest BCUT2D eigenvalue weighted by molar-refractivity contribution is 0.0772. The molecule has 0 aliphatic rings. The van der Waals surface area contributed by atoms with Crippen LogP contribution in [0.4, 0.5) is 0 Å². The molecule has 0 aromatic carbocycles. The highest BCUT2D eigenvalue weighted by Gasteiger charge is 2.19. The molecule has 2 heterocycles. The van der Waals surface area contributed by atoms with E-state index in [-0.39, 0.29) is 11.6 Å². The standard InChI is InChI=1S/C9H10N4O2S/c1-6-8(12-15-11-6)9(14)13(2)3-7-4-16-5-10-7/h4-5H,3H2,1-2H3. The number of nitrogens with zero attached hydrogens (tertiary/aromatic N) is 4. The van der Waals surface area contributed by atoms with Crippen LogP contribution in [-0.4, -0.2) is 33.2 Å². The lowest BCUT2D eigenvalue weighted by atomic mass is 10.3. The van der Waals surface area contributed by atoms with Crippen molar-refractivity contribution in [1.29, 1.82) is 0 Å². The summed E-state index contributed by atoms with van der Waals surface area (Å²) in [4.78, 5) is 17.5. The van der Waals surface area contributed by atoms with Crippen molar-refractivity contribution < 1.29 is 9.42 Å². The molecule has 7 heteroatoms. The van der Waals surface area contributed by atoms with Crippen LogP contribution in [0.15, 0.2) is 15.5 Å². The fourth-order valence-corrected chi connectivity index (χ4v) is 1.79. The molecule has 1 amide bonds. The van der Waals surface area contributed by atoms with E-state index >= 15 is 0 Å². The van der Waals surface area contributed by atoms with Gasteiger partial charge in [-0.3, -0.25) is 4.79 Å². The first kappa shape index (κ1) is 10.7. The van der Waals surface area contributed by atoms with E-state index < -0.39 is 0 Å². The zero-order valence-corrected chi connectivity index (χ0v) is 9.69. The van der Waals surface area contributed by atoms with Gasteiger partial charge in [-0.25, -0.2) is 9.61 Å². The van der Waals surface area contributed by atoms with E-state index in [0.29, 0.717) is 12.2 Å². The Morgan fingerprint density at radius 2 is 2.38 bits per heavy atom. The SMILES string of the molecule is Cc1nonc1C(=O)N(C)Cc1cscn1. The number of carbonyl (C=O) groups excluding carboxylic acids is 1. The first-order valence-electron chi connectivity index (χ1n) is 4.60. The van der Waals surface area contributed by atoms with Crippen LogP contribution in [0.2, 0.25) is 0 Å². The van der Waals surface area contributed by atoms with Crippen molar-refractivity contribution >= 4 is 17.2 Å². The Morgan fingerprint density at radius 3 is 2.94 bits per heavy atom. The molecule has 0 spiro atoms. The van der Waals surface area contributed by atoms with Crippen LogP contribution in [-0.2, 0) is 6.54 Å². The van der Waals surface area contributed by atoms with E-state index in [4.69, 9.17) is 0 Å². The fourth-order valence-electron chi connectivity index (χ4n) is 1.24. The second-order valence-electron chi connectivity index (χ2n) is 3.34. The molecule has 0 aliphatic carbocycles.